The van der Waals surface area contributed by atoms with Crippen LogP contribution in [0.2, 0.25) is 0 Å². The van der Waals surface area contributed by atoms with Gasteiger partial charge in [-0.1, -0.05) is 12.8 Å². The standard InChI is InChI=1S/C12H18O2S/c13-9-3-1-2-4-10-15-12-7-5-11(14)6-8-12/h5-8,13-14H,1-4,9-10H2. The molecule has 0 saturated heterocycles. The van der Waals surface area contributed by atoms with Crippen molar-refractivity contribution < 1.29 is 10.2 Å². The van der Waals surface area contributed by atoms with E-state index in [1.165, 1.54) is 17.7 Å². The van der Waals surface area contributed by atoms with E-state index in [2.05, 4.69) is 0 Å². The van der Waals surface area contributed by atoms with Gasteiger partial charge in [-0.05, 0) is 42.9 Å². The van der Waals surface area contributed by atoms with Crippen LogP contribution in [0, 0.1) is 0 Å². The molecule has 0 spiro atoms. The first kappa shape index (κ1) is 12.4. The maximum Gasteiger partial charge on any atom is 0.115 e. The maximum atomic E-state index is 9.09. The van der Waals surface area contributed by atoms with E-state index in [-0.39, 0.29) is 0 Å². The molecule has 1 aromatic carbocycles. The SMILES string of the molecule is OCCCCCCSc1ccc(O)cc1. The van der Waals surface area contributed by atoms with Crippen molar-refractivity contribution in [2.45, 2.75) is 30.6 Å². The Morgan fingerprint density at radius 1 is 0.933 bits per heavy atom. The molecule has 0 fully saturated rings. The number of thioether (sulfide) groups is 1. The van der Waals surface area contributed by atoms with Crippen molar-refractivity contribution in [2.24, 2.45) is 0 Å². The first-order valence-electron chi connectivity index (χ1n) is 5.35. The summed E-state index contributed by atoms with van der Waals surface area (Å²) < 4.78 is 0. The maximum absolute atomic E-state index is 9.09. The van der Waals surface area contributed by atoms with Gasteiger partial charge in [0, 0.05) is 11.5 Å². The third kappa shape index (κ3) is 5.70. The third-order valence-corrected chi connectivity index (χ3v) is 3.26. The van der Waals surface area contributed by atoms with E-state index in [0.717, 1.165) is 18.6 Å². The molecule has 0 saturated carbocycles. The van der Waals surface area contributed by atoms with Gasteiger partial charge in [-0.15, -0.1) is 11.8 Å². The molecular weight excluding hydrogens is 208 g/mol. The van der Waals surface area contributed by atoms with Gasteiger partial charge in [0.05, 0.1) is 0 Å². The molecule has 1 rings (SSSR count). The minimum Gasteiger partial charge on any atom is -0.508 e. The fraction of sp³-hybridized carbons (Fsp3) is 0.500. The molecule has 0 heterocycles. The first-order valence-corrected chi connectivity index (χ1v) is 6.34. The Bertz CT molecular complexity index is 259. The van der Waals surface area contributed by atoms with Crippen LogP contribution in [0.5, 0.6) is 5.75 Å². The monoisotopic (exact) mass is 226 g/mol. The second-order valence-corrected chi connectivity index (χ2v) is 4.65. The van der Waals surface area contributed by atoms with Crippen LogP contribution >= 0.6 is 11.8 Å². The highest BCUT2D eigenvalue weighted by molar-refractivity contribution is 7.99. The Morgan fingerprint density at radius 2 is 1.60 bits per heavy atom. The van der Waals surface area contributed by atoms with E-state index >= 15 is 0 Å². The summed E-state index contributed by atoms with van der Waals surface area (Å²) in [5.74, 6) is 1.43. The summed E-state index contributed by atoms with van der Waals surface area (Å²) >= 11 is 1.81. The normalized spacial score (nSPS) is 10.5. The van der Waals surface area contributed by atoms with Crippen molar-refractivity contribution in [3.63, 3.8) is 0 Å². The Kier molecular flexibility index (Phi) is 6.28. The van der Waals surface area contributed by atoms with E-state index in [0.29, 0.717) is 12.4 Å². The molecule has 0 atom stereocenters. The fourth-order valence-corrected chi connectivity index (χ4v) is 2.21. The predicted octanol–water partition coefficient (Wildman–Crippen LogP) is 3.04. The highest BCUT2D eigenvalue weighted by atomic mass is 32.2. The third-order valence-electron chi connectivity index (χ3n) is 2.16. The molecule has 0 bridgehead atoms. The van der Waals surface area contributed by atoms with Gasteiger partial charge >= 0.3 is 0 Å². The molecular formula is C12H18O2S. The van der Waals surface area contributed by atoms with Crippen LogP contribution in [-0.2, 0) is 0 Å². The lowest BCUT2D eigenvalue weighted by Crippen LogP contribution is -1.85. The number of aliphatic hydroxyl groups is 1. The quantitative estimate of drug-likeness (QED) is 0.554. The average Bonchev–Trinajstić information content (AvgIpc) is 2.26. The summed E-state index contributed by atoms with van der Waals surface area (Å²) in [6, 6.07) is 7.31. The molecule has 84 valence electrons. The predicted molar refractivity (Wildman–Crippen MR) is 64.4 cm³/mol. The summed E-state index contributed by atoms with van der Waals surface area (Å²) in [5, 5.41) is 17.7. The molecule has 2 N–H and O–H groups in total. The number of phenols is 1. The highest BCUT2D eigenvalue weighted by Gasteiger charge is 1.94. The molecule has 0 amide bonds. The lowest BCUT2D eigenvalue weighted by Gasteiger charge is -2.01. The van der Waals surface area contributed by atoms with E-state index in [1.54, 1.807) is 12.1 Å². The van der Waals surface area contributed by atoms with Gasteiger partial charge in [0.25, 0.3) is 0 Å². The summed E-state index contributed by atoms with van der Waals surface area (Å²) in [7, 11) is 0. The molecule has 0 aliphatic heterocycles. The number of aliphatic hydroxyl groups excluding tert-OH is 1. The molecule has 0 aromatic heterocycles. The van der Waals surface area contributed by atoms with Gasteiger partial charge in [0.15, 0.2) is 0 Å². The molecule has 0 aliphatic carbocycles. The molecule has 3 heteroatoms. The van der Waals surface area contributed by atoms with Crippen molar-refractivity contribution >= 4 is 11.8 Å². The zero-order valence-corrected chi connectivity index (χ0v) is 9.67. The number of hydrogen-bond donors (Lipinski definition) is 2. The Hall–Kier alpha value is -0.670. The van der Waals surface area contributed by atoms with Gasteiger partial charge in [-0.25, -0.2) is 0 Å². The van der Waals surface area contributed by atoms with E-state index in [4.69, 9.17) is 10.2 Å². The van der Waals surface area contributed by atoms with E-state index in [9.17, 15) is 0 Å². The van der Waals surface area contributed by atoms with Crippen molar-refractivity contribution in [1.29, 1.82) is 0 Å². The lowest BCUT2D eigenvalue weighted by molar-refractivity contribution is 0.283. The number of phenolic OH excluding ortho intramolecular Hbond substituents is 1. The van der Waals surface area contributed by atoms with Crippen molar-refractivity contribution in [2.75, 3.05) is 12.4 Å². The lowest BCUT2D eigenvalue weighted by atomic mass is 10.2. The van der Waals surface area contributed by atoms with E-state index in [1.807, 2.05) is 23.9 Å². The Labute approximate surface area is 95.3 Å². The molecule has 0 radical (unpaired) electrons. The van der Waals surface area contributed by atoms with Gasteiger partial charge in [-0.2, -0.15) is 0 Å². The Balaban J connectivity index is 2.07. The first-order chi connectivity index (χ1) is 7.33. The molecule has 0 aliphatic rings. The number of unbranched alkanes of at least 4 members (excludes halogenated alkanes) is 3. The average molecular weight is 226 g/mol. The van der Waals surface area contributed by atoms with Gasteiger partial charge in [0.1, 0.15) is 5.75 Å². The Morgan fingerprint density at radius 3 is 2.27 bits per heavy atom. The minimum atomic E-state index is 0.311. The smallest absolute Gasteiger partial charge is 0.115 e. The fourth-order valence-electron chi connectivity index (χ4n) is 1.30. The number of aromatic hydroxyl groups is 1. The van der Waals surface area contributed by atoms with Crippen LogP contribution in [0.25, 0.3) is 0 Å². The number of rotatable bonds is 7. The van der Waals surface area contributed by atoms with Crippen LogP contribution in [0.3, 0.4) is 0 Å². The molecule has 0 unspecified atom stereocenters. The highest BCUT2D eigenvalue weighted by Crippen LogP contribution is 2.21. The minimum absolute atomic E-state index is 0.311. The topological polar surface area (TPSA) is 40.5 Å². The van der Waals surface area contributed by atoms with Gasteiger partial charge in [0.2, 0.25) is 0 Å². The van der Waals surface area contributed by atoms with Crippen LogP contribution in [0.4, 0.5) is 0 Å². The summed E-state index contributed by atoms with van der Waals surface area (Å²) in [4.78, 5) is 1.20. The van der Waals surface area contributed by atoms with Gasteiger partial charge < -0.3 is 10.2 Å². The largest absolute Gasteiger partial charge is 0.508 e. The second-order valence-electron chi connectivity index (χ2n) is 3.48. The summed E-state index contributed by atoms with van der Waals surface area (Å²) in [6.07, 6.45) is 4.41. The van der Waals surface area contributed by atoms with Crippen LogP contribution in [0.15, 0.2) is 29.2 Å². The van der Waals surface area contributed by atoms with Crippen molar-refractivity contribution in [1.82, 2.24) is 0 Å². The zero-order chi connectivity index (χ0) is 10.9. The number of hydrogen-bond acceptors (Lipinski definition) is 3. The van der Waals surface area contributed by atoms with Crippen LogP contribution < -0.4 is 0 Å². The molecule has 15 heavy (non-hydrogen) atoms. The van der Waals surface area contributed by atoms with Gasteiger partial charge in [-0.3, -0.25) is 0 Å². The van der Waals surface area contributed by atoms with Crippen LogP contribution in [0.1, 0.15) is 25.7 Å². The number of benzene rings is 1. The summed E-state index contributed by atoms with van der Waals surface area (Å²) in [5.41, 5.74) is 0. The second kappa shape index (κ2) is 7.60. The van der Waals surface area contributed by atoms with E-state index < -0.39 is 0 Å². The molecule has 1 aromatic rings. The van der Waals surface area contributed by atoms with Crippen molar-refractivity contribution in [3.8, 4) is 5.75 Å². The summed E-state index contributed by atoms with van der Waals surface area (Å²) in [6.45, 7) is 0.311. The van der Waals surface area contributed by atoms with Crippen molar-refractivity contribution in [3.05, 3.63) is 24.3 Å². The zero-order valence-electron chi connectivity index (χ0n) is 8.85. The molecule has 2 nitrogen and oxygen atoms in total. The van der Waals surface area contributed by atoms with Crippen LogP contribution in [-0.4, -0.2) is 22.6 Å².